The molecule has 1 aliphatic heterocycles. The van der Waals surface area contributed by atoms with Gasteiger partial charge in [-0.15, -0.1) is 0 Å². The molecule has 0 saturated carbocycles. The number of nitrogens with one attached hydrogen (secondary N) is 1. The second-order valence-electron chi connectivity index (χ2n) is 6.89. The van der Waals surface area contributed by atoms with Crippen LogP contribution in [0.4, 0.5) is 5.69 Å². The summed E-state index contributed by atoms with van der Waals surface area (Å²) >= 11 is 5.94. The SMILES string of the molecule is C[C@H](Oc1cccc(Cl)c1)C(=O)NCc1ccc(N2CCN(C)CC2)cc1. The molecule has 0 unspecified atom stereocenters. The van der Waals surface area contributed by atoms with Crippen molar-refractivity contribution in [2.75, 3.05) is 38.1 Å². The number of piperazine rings is 1. The first-order valence-electron chi connectivity index (χ1n) is 9.23. The average Bonchev–Trinajstić information content (AvgIpc) is 2.67. The van der Waals surface area contributed by atoms with Gasteiger partial charge in [0.25, 0.3) is 5.91 Å². The van der Waals surface area contributed by atoms with Crippen molar-refractivity contribution in [1.82, 2.24) is 10.2 Å². The summed E-state index contributed by atoms with van der Waals surface area (Å²) in [5.41, 5.74) is 2.30. The molecule has 1 saturated heterocycles. The Morgan fingerprint density at radius 2 is 1.85 bits per heavy atom. The lowest BCUT2D eigenvalue weighted by Gasteiger charge is -2.34. The lowest BCUT2D eigenvalue weighted by atomic mass is 10.1. The lowest BCUT2D eigenvalue weighted by Crippen LogP contribution is -2.44. The van der Waals surface area contributed by atoms with Gasteiger partial charge in [-0.05, 0) is 49.9 Å². The summed E-state index contributed by atoms with van der Waals surface area (Å²) in [6.45, 7) is 6.47. The fourth-order valence-electron chi connectivity index (χ4n) is 3.02. The van der Waals surface area contributed by atoms with Gasteiger partial charge in [0.1, 0.15) is 5.75 Å². The molecule has 0 aromatic heterocycles. The third kappa shape index (κ3) is 5.62. The first-order chi connectivity index (χ1) is 13.0. The minimum Gasteiger partial charge on any atom is -0.481 e. The standard InChI is InChI=1S/C21H26ClN3O2/c1-16(27-20-5-3-4-18(22)14-20)21(26)23-15-17-6-8-19(9-7-17)25-12-10-24(2)11-13-25/h3-9,14,16H,10-13,15H2,1-2H3,(H,23,26)/t16-/m0/s1. The number of ether oxygens (including phenoxy) is 1. The van der Waals surface area contributed by atoms with Crippen molar-refractivity contribution in [2.45, 2.75) is 19.6 Å². The van der Waals surface area contributed by atoms with Gasteiger partial charge in [0, 0.05) is 43.4 Å². The Bertz CT molecular complexity index is 758. The zero-order valence-corrected chi connectivity index (χ0v) is 16.6. The van der Waals surface area contributed by atoms with Crippen molar-refractivity contribution < 1.29 is 9.53 Å². The molecule has 1 N–H and O–H groups in total. The molecule has 27 heavy (non-hydrogen) atoms. The average molecular weight is 388 g/mol. The summed E-state index contributed by atoms with van der Waals surface area (Å²) in [6.07, 6.45) is -0.590. The highest BCUT2D eigenvalue weighted by Crippen LogP contribution is 2.19. The maximum absolute atomic E-state index is 12.3. The second kappa shape index (κ2) is 9.11. The highest BCUT2D eigenvalue weighted by atomic mass is 35.5. The number of carbonyl (C=O) groups excluding carboxylic acids is 1. The Labute approximate surface area is 165 Å². The van der Waals surface area contributed by atoms with Gasteiger partial charge < -0.3 is 19.9 Å². The molecule has 0 spiro atoms. The van der Waals surface area contributed by atoms with E-state index in [-0.39, 0.29) is 5.91 Å². The normalized spacial score (nSPS) is 16.0. The van der Waals surface area contributed by atoms with E-state index in [1.54, 1.807) is 31.2 Å². The van der Waals surface area contributed by atoms with Crippen molar-refractivity contribution >= 4 is 23.2 Å². The Morgan fingerprint density at radius 3 is 2.52 bits per heavy atom. The molecular formula is C21H26ClN3O2. The number of hydrogen-bond acceptors (Lipinski definition) is 4. The van der Waals surface area contributed by atoms with Crippen molar-refractivity contribution in [3.05, 3.63) is 59.1 Å². The van der Waals surface area contributed by atoms with Gasteiger partial charge in [0.15, 0.2) is 6.10 Å². The Balaban J connectivity index is 1.48. The smallest absolute Gasteiger partial charge is 0.261 e. The van der Waals surface area contributed by atoms with Crippen LogP contribution in [0.5, 0.6) is 5.75 Å². The Morgan fingerprint density at radius 1 is 1.15 bits per heavy atom. The number of carbonyl (C=O) groups is 1. The predicted molar refractivity (Wildman–Crippen MR) is 110 cm³/mol. The van der Waals surface area contributed by atoms with Crippen molar-refractivity contribution in [3.8, 4) is 5.75 Å². The number of amides is 1. The van der Waals surface area contributed by atoms with E-state index in [9.17, 15) is 4.79 Å². The van der Waals surface area contributed by atoms with E-state index in [0.717, 1.165) is 31.7 Å². The lowest BCUT2D eigenvalue weighted by molar-refractivity contribution is -0.127. The van der Waals surface area contributed by atoms with Gasteiger partial charge in [-0.1, -0.05) is 29.8 Å². The number of anilines is 1. The van der Waals surface area contributed by atoms with Crippen molar-refractivity contribution in [3.63, 3.8) is 0 Å². The molecule has 0 bridgehead atoms. The number of likely N-dealkylation sites (N-methyl/N-ethyl adjacent to an activating group) is 1. The van der Waals surface area contributed by atoms with Crippen LogP contribution in [0.3, 0.4) is 0 Å². The summed E-state index contributed by atoms with van der Waals surface area (Å²) < 4.78 is 5.65. The molecule has 5 nitrogen and oxygen atoms in total. The van der Waals surface area contributed by atoms with Crippen molar-refractivity contribution in [1.29, 1.82) is 0 Å². The molecule has 0 radical (unpaired) electrons. The van der Waals surface area contributed by atoms with Crippen LogP contribution in [0.2, 0.25) is 5.02 Å². The van der Waals surface area contributed by atoms with E-state index in [2.05, 4.69) is 46.4 Å². The van der Waals surface area contributed by atoms with Gasteiger partial charge in [-0.2, -0.15) is 0 Å². The molecule has 0 aliphatic carbocycles. The largest absolute Gasteiger partial charge is 0.481 e. The molecule has 6 heteroatoms. The van der Waals surface area contributed by atoms with Crippen LogP contribution in [0.15, 0.2) is 48.5 Å². The summed E-state index contributed by atoms with van der Waals surface area (Å²) in [6, 6.07) is 15.4. The zero-order chi connectivity index (χ0) is 19.2. The quantitative estimate of drug-likeness (QED) is 0.826. The van der Waals surface area contributed by atoms with E-state index in [4.69, 9.17) is 16.3 Å². The fourth-order valence-corrected chi connectivity index (χ4v) is 3.20. The summed E-state index contributed by atoms with van der Waals surface area (Å²) in [5, 5.41) is 3.51. The van der Waals surface area contributed by atoms with Gasteiger partial charge >= 0.3 is 0 Å². The second-order valence-corrected chi connectivity index (χ2v) is 7.33. The van der Waals surface area contributed by atoms with Crippen LogP contribution in [0, 0.1) is 0 Å². The van der Waals surface area contributed by atoms with Crippen LogP contribution in [0.1, 0.15) is 12.5 Å². The number of hydrogen-bond donors (Lipinski definition) is 1. The van der Waals surface area contributed by atoms with E-state index < -0.39 is 6.10 Å². The molecule has 3 rings (SSSR count). The van der Waals surface area contributed by atoms with Gasteiger partial charge in [0.2, 0.25) is 0 Å². The monoisotopic (exact) mass is 387 g/mol. The number of halogens is 1. The molecule has 1 aliphatic rings. The Kier molecular flexibility index (Phi) is 6.58. The van der Waals surface area contributed by atoms with Crippen LogP contribution in [-0.4, -0.2) is 50.1 Å². The maximum Gasteiger partial charge on any atom is 0.261 e. The van der Waals surface area contributed by atoms with Gasteiger partial charge in [-0.3, -0.25) is 4.79 Å². The summed E-state index contributed by atoms with van der Waals surface area (Å²) in [5.74, 6) is 0.430. The molecule has 2 aromatic carbocycles. The minimum absolute atomic E-state index is 0.155. The van der Waals surface area contributed by atoms with Gasteiger partial charge in [-0.25, -0.2) is 0 Å². The molecule has 1 amide bonds. The number of rotatable bonds is 6. The van der Waals surface area contributed by atoms with Crippen LogP contribution < -0.4 is 15.0 Å². The molecule has 1 heterocycles. The molecule has 144 valence electrons. The molecular weight excluding hydrogens is 362 g/mol. The van der Waals surface area contributed by atoms with E-state index in [0.29, 0.717) is 17.3 Å². The molecule has 1 atom stereocenters. The zero-order valence-electron chi connectivity index (χ0n) is 15.8. The van der Waals surface area contributed by atoms with Gasteiger partial charge in [0.05, 0.1) is 0 Å². The topological polar surface area (TPSA) is 44.8 Å². The number of benzene rings is 2. The third-order valence-corrected chi connectivity index (χ3v) is 4.98. The first-order valence-corrected chi connectivity index (χ1v) is 9.61. The Hall–Kier alpha value is -2.24. The highest BCUT2D eigenvalue weighted by molar-refractivity contribution is 6.30. The van der Waals surface area contributed by atoms with Crippen LogP contribution in [-0.2, 0) is 11.3 Å². The molecule has 2 aromatic rings. The summed E-state index contributed by atoms with van der Waals surface area (Å²) in [7, 11) is 2.15. The van der Waals surface area contributed by atoms with E-state index in [1.165, 1.54) is 5.69 Å². The number of nitrogens with zero attached hydrogens (tertiary/aromatic N) is 2. The third-order valence-electron chi connectivity index (χ3n) is 4.75. The molecule has 1 fully saturated rings. The maximum atomic E-state index is 12.3. The van der Waals surface area contributed by atoms with E-state index in [1.807, 2.05) is 0 Å². The summed E-state index contributed by atoms with van der Waals surface area (Å²) in [4.78, 5) is 17.0. The highest BCUT2D eigenvalue weighted by Gasteiger charge is 2.16. The predicted octanol–water partition coefficient (Wildman–Crippen LogP) is 3.18. The van der Waals surface area contributed by atoms with Crippen LogP contribution >= 0.6 is 11.6 Å². The first kappa shape index (κ1) is 19.5. The minimum atomic E-state index is -0.590. The van der Waals surface area contributed by atoms with Crippen molar-refractivity contribution in [2.24, 2.45) is 0 Å². The van der Waals surface area contributed by atoms with Crippen LogP contribution in [0.25, 0.3) is 0 Å². The van der Waals surface area contributed by atoms with E-state index >= 15 is 0 Å². The fraction of sp³-hybridized carbons (Fsp3) is 0.381.